The first-order chi connectivity index (χ1) is 11.0. The van der Waals surface area contributed by atoms with E-state index in [9.17, 15) is 4.79 Å². The summed E-state index contributed by atoms with van der Waals surface area (Å²) in [6.07, 6.45) is 1.69. The Morgan fingerprint density at radius 2 is 2.00 bits per heavy atom. The molecule has 0 fully saturated rings. The normalized spacial score (nSPS) is 11.1. The lowest BCUT2D eigenvalue weighted by atomic mass is 10.1. The molecule has 0 spiro atoms. The van der Waals surface area contributed by atoms with Crippen LogP contribution in [0, 0.1) is 0 Å². The maximum atomic E-state index is 11.4. The van der Waals surface area contributed by atoms with Gasteiger partial charge in [0.1, 0.15) is 0 Å². The molecule has 0 saturated carbocycles. The molecule has 2 aromatic heterocycles. The number of hydrogen-bond acceptors (Lipinski definition) is 5. The molecule has 0 aliphatic carbocycles. The Balaban J connectivity index is 1.92. The molecule has 6 heteroatoms. The summed E-state index contributed by atoms with van der Waals surface area (Å²) in [7, 11) is 5.74. The van der Waals surface area contributed by atoms with Gasteiger partial charge in [0.15, 0.2) is 0 Å². The van der Waals surface area contributed by atoms with Crippen molar-refractivity contribution in [2.75, 3.05) is 14.1 Å². The maximum absolute atomic E-state index is 11.4. The first-order valence-corrected chi connectivity index (χ1v) is 7.28. The van der Waals surface area contributed by atoms with Gasteiger partial charge in [-0.2, -0.15) is 4.98 Å². The molecule has 0 N–H and O–H groups in total. The van der Waals surface area contributed by atoms with Crippen molar-refractivity contribution in [3.8, 4) is 22.8 Å². The number of nitrogens with zero attached hydrogens (tertiary/aromatic N) is 4. The Kier molecular flexibility index (Phi) is 4.08. The van der Waals surface area contributed by atoms with Gasteiger partial charge in [0.25, 0.3) is 5.89 Å². The topological polar surface area (TPSA) is 64.2 Å². The van der Waals surface area contributed by atoms with Crippen molar-refractivity contribution < 1.29 is 4.52 Å². The molecule has 118 valence electrons. The summed E-state index contributed by atoms with van der Waals surface area (Å²) in [5.41, 5.74) is 2.72. The van der Waals surface area contributed by atoms with E-state index in [-0.39, 0.29) is 5.56 Å². The molecule has 2 heterocycles. The average molecular weight is 310 g/mol. The van der Waals surface area contributed by atoms with E-state index >= 15 is 0 Å². The third-order valence-corrected chi connectivity index (χ3v) is 3.44. The number of hydrogen-bond donors (Lipinski definition) is 0. The minimum atomic E-state index is -0.0751. The molecule has 23 heavy (non-hydrogen) atoms. The number of aryl methyl sites for hydroxylation is 1. The van der Waals surface area contributed by atoms with Gasteiger partial charge >= 0.3 is 0 Å². The van der Waals surface area contributed by atoms with Crippen molar-refractivity contribution >= 4 is 0 Å². The molecular weight excluding hydrogens is 292 g/mol. The molecule has 6 nitrogen and oxygen atoms in total. The van der Waals surface area contributed by atoms with E-state index in [1.807, 2.05) is 32.3 Å². The molecule has 0 aliphatic rings. The molecule has 3 aromatic rings. The van der Waals surface area contributed by atoms with E-state index in [4.69, 9.17) is 4.52 Å². The predicted octanol–water partition coefficient (Wildman–Crippen LogP) is 2.16. The zero-order valence-electron chi connectivity index (χ0n) is 13.4. The van der Waals surface area contributed by atoms with Gasteiger partial charge < -0.3 is 14.0 Å². The van der Waals surface area contributed by atoms with Crippen molar-refractivity contribution in [2.45, 2.75) is 6.54 Å². The van der Waals surface area contributed by atoms with Crippen LogP contribution in [0.3, 0.4) is 0 Å². The van der Waals surface area contributed by atoms with Crippen LogP contribution in [0.25, 0.3) is 22.8 Å². The van der Waals surface area contributed by atoms with Gasteiger partial charge in [-0.25, -0.2) is 0 Å². The Bertz CT molecular complexity index is 880. The fourth-order valence-corrected chi connectivity index (χ4v) is 2.35. The number of pyridine rings is 1. The van der Waals surface area contributed by atoms with Crippen LogP contribution >= 0.6 is 0 Å². The van der Waals surface area contributed by atoms with E-state index in [1.54, 1.807) is 19.3 Å². The summed E-state index contributed by atoms with van der Waals surface area (Å²) in [5, 5.41) is 4.01. The molecule has 0 atom stereocenters. The Morgan fingerprint density at radius 1 is 1.17 bits per heavy atom. The fraction of sp³-hybridized carbons (Fsp3) is 0.235. The van der Waals surface area contributed by atoms with Crippen LogP contribution in [0.1, 0.15) is 5.56 Å². The third kappa shape index (κ3) is 3.37. The number of benzene rings is 1. The number of rotatable bonds is 4. The van der Waals surface area contributed by atoms with Crippen molar-refractivity contribution in [3.05, 3.63) is 58.5 Å². The lowest BCUT2D eigenvalue weighted by Crippen LogP contribution is -2.14. The lowest BCUT2D eigenvalue weighted by Gasteiger charge is -2.09. The van der Waals surface area contributed by atoms with Gasteiger partial charge in [-0.05, 0) is 37.9 Å². The van der Waals surface area contributed by atoms with Crippen molar-refractivity contribution in [1.82, 2.24) is 19.6 Å². The highest BCUT2D eigenvalue weighted by molar-refractivity contribution is 5.59. The molecule has 0 saturated heterocycles. The van der Waals surface area contributed by atoms with Gasteiger partial charge in [0.05, 0.1) is 0 Å². The molecule has 0 radical (unpaired) electrons. The number of aromatic nitrogens is 3. The summed E-state index contributed by atoms with van der Waals surface area (Å²) < 4.78 is 6.86. The van der Waals surface area contributed by atoms with Gasteiger partial charge in [0.2, 0.25) is 11.4 Å². The summed E-state index contributed by atoms with van der Waals surface area (Å²) in [5.74, 6) is 0.933. The lowest BCUT2D eigenvalue weighted by molar-refractivity contribution is 0.402. The third-order valence-electron chi connectivity index (χ3n) is 3.44. The highest BCUT2D eigenvalue weighted by atomic mass is 16.5. The van der Waals surface area contributed by atoms with Crippen molar-refractivity contribution in [2.24, 2.45) is 7.05 Å². The molecular formula is C17H18N4O2. The van der Waals surface area contributed by atoms with Crippen LogP contribution in [0.5, 0.6) is 0 Å². The summed E-state index contributed by atoms with van der Waals surface area (Å²) in [4.78, 5) is 18.0. The molecule has 0 amide bonds. The summed E-state index contributed by atoms with van der Waals surface area (Å²) >= 11 is 0. The second-order valence-electron chi connectivity index (χ2n) is 5.73. The molecule has 0 unspecified atom stereocenters. The second kappa shape index (κ2) is 6.18. The zero-order chi connectivity index (χ0) is 16.4. The fourth-order valence-electron chi connectivity index (χ4n) is 2.35. The predicted molar refractivity (Wildman–Crippen MR) is 87.8 cm³/mol. The second-order valence-corrected chi connectivity index (χ2v) is 5.73. The van der Waals surface area contributed by atoms with Crippen LogP contribution in [0.4, 0.5) is 0 Å². The van der Waals surface area contributed by atoms with Crippen LogP contribution < -0.4 is 5.56 Å². The van der Waals surface area contributed by atoms with E-state index in [2.05, 4.69) is 21.1 Å². The van der Waals surface area contributed by atoms with Crippen LogP contribution in [-0.2, 0) is 13.6 Å². The Morgan fingerprint density at radius 3 is 2.74 bits per heavy atom. The maximum Gasteiger partial charge on any atom is 0.258 e. The van der Waals surface area contributed by atoms with Crippen LogP contribution in [0.2, 0.25) is 0 Å². The van der Waals surface area contributed by atoms with E-state index in [1.165, 1.54) is 16.2 Å². The molecule has 1 aromatic carbocycles. The molecule has 0 aliphatic heterocycles. The Hall–Kier alpha value is -2.73. The first-order valence-electron chi connectivity index (χ1n) is 7.28. The monoisotopic (exact) mass is 310 g/mol. The molecule has 0 bridgehead atoms. The van der Waals surface area contributed by atoms with Crippen molar-refractivity contribution in [3.63, 3.8) is 0 Å². The van der Waals surface area contributed by atoms with Crippen molar-refractivity contribution in [1.29, 1.82) is 0 Å². The largest absolute Gasteiger partial charge is 0.334 e. The van der Waals surface area contributed by atoms with E-state index in [0.29, 0.717) is 11.7 Å². The summed E-state index contributed by atoms with van der Waals surface area (Å²) in [6, 6.07) is 11.2. The highest BCUT2D eigenvalue weighted by Gasteiger charge is 2.11. The van der Waals surface area contributed by atoms with Gasteiger partial charge in [-0.1, -0.05) is 17.3 Å². The first kappa shape index (κ1) is 15.2. The average Bonchev–Trinajstić information content (AvgIpc) is 2.99. The highest BCUT2D eigenvalue weighted by Crippen LogP contribution is 2.22. The standard InChI is InChI=1S/C17H18N4O2/c1-20(2)10-12-5-4-6-13(9-12)17-18-16(19-23-17)14-7-8-15(22)21(3)11-14/h4-9,11H,10H2,1-3H3. The van der Waals surface area contributed by atoms with Gasteiger partial charge in [-0.3, -0.25) is 4.79 Å². The smallest absolute Gasteiger partial charge is 0.258 e. The minimum absolute atomic E-state index is 0.0751. The molecule has 3 rings (SSSR count). The van der Waals surface area contributed by atoms with Crippen LogP contribution in [0.15, 0.2) is 51.9 Å². The Labute approximate surface area is 134 Å². The van der Waals surface area contributed by atoms with E-state index in [0.717, 1.165) is 17.7 Å². The summed E-state index contributed by atoms with van der Waals surface area (Å²) in [6.45, 7) is 0.843. The van der Waals surface area contributed by atoms with Gasteiger partial charge in [-0.15, -0.1) is 0 Å². The quantitative estimate of drug-likeness (QED) is 0.739. The van der Waals surface area contributed by atoms with Gasteiger partial charge in [0, 0.05) is 37.0 Å². The van der Waals surface area contributed by atoms with Crippen LogP contribution in [-0.4, -0.2) is 33.7 Å². The zero-order valence-corrected chi connectivity index (χ0v) is 13.4. The SMILES string of the molecule is CN(C)Cc1cccc(-c2nc(-c3ccc(=O)n(C)c3)no2)c1. The minimum Gasteiger partial charge on any atom is -0.334 e. The van der Waals surface area contributed by atoms with E-state index < -0.39 is 0 Å².